The Labute approximate surface area is 151 Å². The van der Waals surface area contributed by atoms with Crippen LogP contribution < -0.4 is 10.6 Å². The third-order valence-electron chi connectivity index (χ3n) is 4.55. The van der Waals surface area contributed by atoms with E-state index in [1.807, 2.05) is 32.0 Å². The number of amides is 3. The first kappa shape index (κ1) is 17.8. The number of urea groups is 1. The Kier molecular flexibility index (Phi) is 5.65. The Bertz CT molecular complexity index is 727. The van der Waals surface area contributed by atoms with Gasteiger partial charge in [0.2, 0.25) is 5.91 Å². The molecule has 1 aliphatic heterocycles. The molecule has 0 aliphatic carbocycles. The van der Waals surface area contributed by atoms with Crippen LogP contribution in [0.1, 0.15) is 44.2 Å². The molecule has 3 amide bonds. The predicted molar refractivity (Wildman–Crippen MR) is 99.6 cm³/mol. The lowest BCUT2D eigenvalue weighted by Crippen LogP contribution is -2.46. The summed E-state index contributed by atoms with van der Waals surface area (Å²) in [4.78, 5) is 30.8. The third-order valence-corrected chi connectivity index (χ3v) is 5.69. The van der Waals surface area contributed by atoms with Gasteiger partial charge in [-0.3, -0.25) is 15.0 Å². The molecule has 1 aromatic carbocycles. The number of thiazole rings is 1. The number of nitrogens with zero attached hydrogens (tertiary/aromatic N) is 2. The summed E-state index contributed by atoms with van der Waals surface area (Å²) in [6.07, 6.45) is 2.85. The van der Waals surface area contributed by atoms with Crippen LogP contribution in [-0.2, 0) is 4.79 Å². The molecule has 1 aliphatic rings. The maximum absolute atomic E-state index is 12.2. The van der Waals surface area contributed by atoms with Crippen LogP contribution in [0.3, 0.4) is 0 Å². The van der Waals surface area contributed by atoms with Gasteiger partial charge < -0.3 is 5.32 Å². The first-order chi connectivity index (χ1) is 12.1. The Balaban J connectivity index is 1.61. The summed E-state index contributed by atoms with van der Waals surface area (Å²) in [6.45, 7) is 4.96. The van der Waals surface area contributed by atoms with Crippen LogP contribution in [0.5, 0.6) is 0 Å². The van der Waals surface area contributed by atoms with Crippen LogP contribution in [0, 0.1) is 0 Å². The second-order valence-electron chi connectivity index (χ2n) is 6.48. The first-order valence-corrected chi connectivity index (χ1v) is 9.58. The van der Waals surface area contributed by atoms with Crippen molar-refractivity contribution in [2.24, 2.45) is 0 Å². The number of imide groups is 1. The zero-order valence-electron chi connectivity index (χ0n) is 14.6. The number of carbonyl (C=O) groups is 2. The maximum atomic E-state index is 12.2. The predicted octanol–water partition coefficient (Wildman–Crippen LogP) is 3.06. The molecule has 0 unspecified atom stereocenters. The molecule has 0 spiro atoms. The molecule has 1 aromatic heterocycles. The van der Waals surface area contributed by atoms with Gasteiger partial charge in [-0.2, -0.15) is 0 Å². The average molecular weight is 360 g/mol. The summed E-state index contributed by atoms with van der Waals surface area (Å²) in [6, 6.07) is 7.87. The molecule has 2 aromatic rings. The van der Waals surface area contributed by atoms with Gasteiger partial charge in [0, 0.05) is 6.04 Å². The van der Waals surface area contributed by atoms with Crippen molar-refractivity contribution in [1.29, 1.82) is 0 Å². The molecule has 134 valence electrons. The number of hydrogen-bond acceptors (Lipinski definition) is 5. The molecule has 1 fully saturated rings. The zero-order valence-corrected chi connectivity index (χ0v) is 15.4. The second-order valence-corrected chi connectivity index (χ2v) is 7.54. The van der Waals surface area contributed by atoms with Gasteiger partial charge in [0.25, 0.3) is 0 Å². The van der Waals surface area contributed by atoms with E-state index in [1.165, 1.54) is 4.70 Å². The lowest BCUT2D eigenvalue weighted by molar-refractivity contribution is -0.121. The standard InChI is InChI=1S/C18H24N4O2S/c1-3-12(2)19-18(24)21-16(23)11-22-10-6-8-14(22)17-20-13-7-4-5-9-15(13)25-17/h4-5,7,9,12,14H,3,6,8,10-11H2,1-2H3,(H2,19,21,23,24)/t12-,14-/m1/s1. The fraction of sp³-hybridized carbons (Fsp3) is 0.500. The highest BCUT2D eigenvalue weighted by Crippen LogP contribution is 2.36. The molecule has 2 N–H and O–H groups in total. The molecule has 3 rings (SSSR count). The van der Waals surface area contributed by atoms with E-state index in [2.05, 4.69) is 21.6 Å². The summed E-state index contributed by atoms with van der Waals surface area (Å²) in [5.74, 6) is -0.270. The minimum atomic E-state index is -0.421. The molecule has 0 radical (unpaired) electrons. The molecule has 1 saturated heterocycles. The van der Waals surface area contributed by atoms with Crippen molar-refractivity contribution >= 4 is 33.5 Å². The molecule has 0 saturated carbocycles. The van der Waals surface area contributed by atoms with Crippen LogP contribution in [0.4, 0.5) is 4.79 Å². The van der Waals surface area contributed by atoms with Crippen molar-refractivity contribution < 1.29 is 9.59 Å². The Morgan fingerprint density at radius 3 is 2.96 bits per heavy atom. The Morgan fingerprint density at radius 1 is 1.40 bits per heavy atom. The summed E-state index contributed by atoms with van der Waals surface area (Å²) in [7, 11) is 0. The van der Waals surface area contributed by atoms with E-state index in [4.69, 9.17) is 4.98 Å². The van der Waals surface area contributed by atoms with Gasteiger partial charge >= 0.3 is 6.03 Å². The second kappa shape index (κ2) is 7.93. The normalized spacial score (nSPS) is 19.0. The summed E-state index contributed by atoms with van der Waals surface area (Å²) in [5.41, 5.74) is 1.01. The fourth-order valence-corrected chi connectivity index (χ4v) is 4.18. The quantitative estimate of drug-likeness (QED) is 0.859. The Hall–Kier alpha value is -1.99. The number of nitrogens with one attached hydrogen (secondary N) is 2. The smallest absolute Gasteiger partial charge is 0.321 e. The van der Waals surface area contributed by atoms with Gasteiger partial charge in [-0.25, -0.2) is 9.78 Å². The average Bonchev–Trinajstić information content (AvgIpc) is 3.20. The number of benzene rings is 1. The van der Waals surface area contributed by atoms with Gasteiger partial charge in [-0.15, -0.1) is 11.3 Å². The van der Waals surface area contributed by atoms with E-state index < -0.39 is 6.03 Å². The number of fused-ring (bicyclic) bond motifs is 1. The molecular weight excluding hydrogens is 336 g/mol. The van der Waals surface area contributed by atoms with Gasteiger partial charge in [-0.1, -0.05) is 19.1 Å². The highest BCUT2D eigenvalue weighted by Gasteiger charge is 2.30. The monoisotopic (exact) mass is 360 g/mol. The van der Waals surface area contributed by atoms with Crippen molar-refractivity contribution in [3.8, 4) is 0 Å². The van der Waals surface area contributed by atoms with E-state index in [-0.39, 0.29) is 24.5 Å². The van der Waals surface area contributed by atoms with Crippen molar-refractivity contribution in [2.75, 3.05) is 13.1 Å². The number of hydrogen-bond donors (Lipinski definition) is 2. The number of likely N-dealkylation sites (tertiary alicyclic amines) is 1. The van der Waals surface area contributed by atoms with Crippen LogP contribution in [0.15, 0.2) is 24.3 Å². The maximum Gasteiger partial charge on any atom is 0.321 e. The minimum absolute atomic E-state index is 0.0510. The molecule has 2 atom stereocenters. The molecular formula is C18H24N4O2S. The van der Waals surface area contributed by atoms with Gasteiger partial charge in [-0.05, 0) is 44.9 Å². The SMILES string of the molecule is CC[C@@H](C)NC(=O)NC(=O)CN1CCC[C@@H]1c1nc2ccccc2s1. The van der Waals surface area contributed by atoms with E-state index in [0.717, 1.165) is 36.3 Å². The van der Waals surface area contributed by atoms with Gasteiger partial charge in [0.1, 0.15) is 5.01 Å². The number of aromatic nitrogens is 1. The Morgan fingerprint density at radius 2 is 2.20 bits per heavy atom. The third kappa shape index (κ3) is 4.35. The summed E-state index contributed by atoms with van der Waals surface area (Å²) < 4.78 is 1.17. The minimum Gasteiger partial charge on any atom is -0.335 e. The van der Waals surface area contributed by atoms with Crippen molar-refractivity contribution in [2.45, 2.75) is 45.2 Å². The topological polar surface area (TPSA) is 74.3 Å². The van der Waals surface area contributed by atoms with E-state index in [9.17, 15) is 9.59 Å². The van der Waals surface area contributed by atoms with Crippen LogP contribution in [0.2, 0.25) is 0 Å². The van der Waals surface area contributed by atoms with Crippen molar-refractivity contribution in [3.05, 3.63) is 29.3 Å². The van der Waals surface area contributed by atoms with Gasteiger partial charge in [0.05, 0.1) is 22.8 Å². The number of para-hydroxylation sites is 1. The lowest BCUT2D eigenvalue weighted by Gasteiger charge is -2.22. The molecule has 2 heterocycles. The largest absolute Gasteiger partial charge is 0.335 e. The number of rotatable bonds is 5. The van der Waals surface area contributed by atoms with Crippen molar-refractivity contribution in [3.63, 3.8) is 0 Å². The van der Waals surface area contributed by atoms with Crippen LogP contribution >= 0.6 is 11.3 Å². The first-order valence-electron chi connectivity index (χ1n) is 8.76. The summed E-state index contributed by atoms with van der Waals surface area (Å²) >= 11 is 1.69. The van der Waals surface area contributed by atoms with Crippen molar-refractivity contribution in [1.82, 2.24) is 20.5 Å². The highest BCUT2D eigenvalue weighted by molar-refractivity contribution is 7.18. The lowest BCUT2D eigenvalue weighted by atomic mass is 10.2. The van der Waals surface area contributed by atoms with E-state index in [0.29, 0.717) is 0 Å². The van der Waals surface area contributed by atoms with Crippen LogP contribution in [0.25, 0.3) is 10.2 Å². The highest BCUT2D eigenvalue weighted by atomic mass is 32.1. The molecule has 6 nitrogen and oxygen atoms in total. The van der Waals surface area contributed by atoms with E-state index in [1.54, 1.807) is 11.3 Å². The number of carbonyl (C=O) groups excluding carboxylic acids is 2. The molecule has 7 heteroatoms. The fourth-order valence-electron chi connectivity index (χ4n) is 3.04. The van der Waals surface area contributed by atoms with Crippen LogP contribution in [-0.4, -0.2) is 41.0 Å². The van der Waals surface area contributed by atoms with E-state index >= 15 is 0 Å². The molecule has 25 heavy (non-hydrogen) atoms. The van der Waals surface area contributed by atoms with Gasteiger partial charge in [0.15, 0.2) is 0 Å². The summed E-state index contributed by atoms with van der Waals surface area (Å²) in [5, 5.41) is 6.22. The molecule has 0 bridgehead atoms. The zero-order chi connectivity index (χ0) is 17.8.